The van der Waals surface area contributed by atoms with Crippen LogP contribution in [0.2, 0.25) is 0 Å². The van der Waals surface area contributed by atoms with Crippen molar-refractivity contribution in [3.05, 3.63) is 35.9 Å². The lowest BCUT2D eigenvalue weighted by Crippen LogP contribution is -2.42. The van der Waals surface area contributed by atoms with Gasteiger partial charge in [-0.1, -0.05) is 63.9 Å². The number of hydrogen-bond acceptors (Lipinski definition) is 2. The first kappa shape index (κ1) is 15.5. The fourth-order valence-corrected chi connectivity index (χ4v) is 3.42. The number of nitrogens with zero attached hydrogens (tertiary/aromatic N) is 1. The summed E-state index contributed by atoms with van der Waals surface area (Å²) in [5.74, 6) is 0. The molecule has 0 radical (unpaired) electrons. The van der Waals surface area contributed by atoms with Gasteiger partial charge in [-0.2, -0.15) is 0 Å². The van der Waals surface area contributed by atoms with Gasteiger partial charge in [-0.3, -0.25) is 4.90 Å². The molecular formula is C18H30N2. The SMILES string of the molecule is CCN(C1CCCC1)C(CNC(C)C)c1ccccc1. The summed E-state index contributed by atoms with van der Waals surface area (Å²) in [6.07, 6.45) is 5.55. The Morgan fingerprint density at radius 2 is 1.80 bits per heavy atom. The Morgan fingerprint density at radius 3 is 2.35 bits per heavy atom. The van der Waals surface area contributed by atoms with Crippen LogP contribution in [0.3, 0.4) is 0 Å². The molecule has 0 amide bonds. The third-order valence-electron chi connectivity index (χ3n) is 4.46. The third-order valence-corrected chi connectivity index (χ3v) is 4.46. The lowest BCUT2D eigenvalue weighted by molar-refractivity contribution is 0.139. The van der Waals surface area contributed by atoms with E-state index in [1.807, 2.05) is 0 Å². The Morgan fingerprint density at radius 1 is 1.15 bits per heavy atom. The van der Waals surface area contributed by atoms with Gasteiger partial charge in [0.15, 0.2) is 0 Å². The largest absolute Gasteiger partial charge is 0.313 e. The van der Waals surface area contributed by atoms with Crippen molar-refractivity contribution in [2.75, 3.05) is 13.1 Å². The summed E-state index contributed by atoms with van der Waals surface area (Å²) in [6, 6.07) is 12.8. The van der Waals surface area contributed by atoms with Gasteiger partial charge in [-0.25, -0.2) is 0 Å². The van der Waals surface area contributed by atoms with Gasteiger partial charge < -0.3 is 5.32 Å². The summed E-state index contributed by atoms with van der Waals surface area (Å²) in [5.41, 5.74) is 1.45. The van der Waals surface area contributed by atoms with E-state index in [2.05, 4.69) is 61.3 Å². The van der Waals surface area contributed by atoms with Gasteiger partial charge in [-0.15, -0.1) is 0 Å². The molecule has 1 atom stereocenters. The maximum Gasteiger partial charge on any atom is 0.0475 e. The molecule has 1 fully saturated rings. The van der Waals surface area contributed by atoms with Crippen LogP contribution in [-0.4, -0.2) is 30.1 Å². The first-order valence-electron chi connectivity index (χ1n) is 8.26. The average Bonchev–Trinajstić information content (AvgIpc) is 2.98. The van der Waals surface area contributed by atoms with E-state index < -0.39 is 0 Å². The second-order valence-electron chi connectivity index (χ2n) is 6.26. The monoisotopic (exact) mass is 274 g/mol. The summed E-state index contributed by atoms with van der Waals surface area (Å²) in [7, 11) is 0. The molecule has 2 nitrogen and oxygen atoms in total. The highest BCUT2D eigenvalue weighted by Crippen LogP contribution is 2.30. The normalized spacial score (nSPS) is 18.1. The highest BCUT2D eigenvalue weighted by atomic mass is 15.2. The molecule has 20 heavy (non-hydrogen) atoms. The topological polar surface area (TPSA) is 15.3 Å². The van der Waals surface area contributed by atoms with Crippen molar-refractivity contribution in [1.82, 2.24) is 10.2 Å². The highest BCUT2D eigenvalue weighted by molar-refractivity contribution is 5.20. The van der Waals surface area contributed by atoms with Gasteiger partial charge in [0.25, 0.3) is 0 Å². The standard InChI is InChI=1S/C18H30N2/c1-4-20(17-12-8-9-13-17)18(14-19-15(2)3)16-10-6-5-7-11-16/h5-7,10-11,15,17-19H,4,8-9,12-14H2,1-3H3. The van der Waals surface area contributed by atoms with Crippen LogP contribution in [0.25, 0.3) is 0 Å². The van der Waals surface area contributed by atoms with Crippen molar-refractivity contribution in [2.24, 2.45) is 0 Å². The van der Waals surface area contributed by atoms with E-state index >= 15 is 0 Å². The zero-order valence-corrected chi connectivity index (χ0v) is 13.3. The van der Waals surface area contributed by atoms with E-state index in [0.29, 0.717) is 12.1 Å². The predicted molar refractivity (Wildman–Crippen MR) is 87.0 cm³/mol. The van der Waals surface area contributed by atoms with E-state index in [1.54, 1.807) is 0 Å². The highest BCUT2D eigenvalue weighted by Gasteiger charge is 2.28. The van der Waals surface area contributed by atoms with Crippen LogP contribution in [0.5, 0.6) is 0 Å². The van der Waals surface area contributed by atoms with Crippen LogP contribution in [0, 0.1) is 0 Å². The molecule has 1 aliphatic rings. The van der Waals surface area contributed by atoms with E-state index in [1.165, 1.54) is 31.2 Å². The summed E-state index contributed by atoms with van der Waals surface area (Å²) >= 11 is 0. The minimum absolute atomic E-state index is 0.506. The van der Waals surface area contributed by atoms with Crippen LogP contribution in [-0.2, 0) is 0 Å². The Kier molecular flexibility index (Phi) is 6.06. The zero-order chi connectivity index (χ0) is 14.4. The van der Waals surface area contributed by atoms with Gasteiger partial charge in [0.05, 0.1) is 0 Å². The zero-order valence-electron chi connectivity index (χ0n) is 13.3. The van der Waals surface area contributed by atoms with Gasteiger partial charge in [0, 0.05) is 24.7 Å². The fourth-order valence-electron chi connectivity index (χ4n) is 3.42. The average molecular weight is 274 g/mol. The van der Waals surface area contributed by atoms with Gasteiger partial charge in [0.1, 0.15) is 0 Å². The molecule has 1 aromatic carbocycles. The van der Waals surface area contributed by atoms with Crippen molar-refractivity contribution in [3.8, 4) is 0 Å². The molecule has 0 bridgehead atoms. The molecule has 0 heterocycles. The molecular weight excluding hydrogens is 244 g/mol. The molecule has 1 saturated carbocycles. The van der Waals surface area contributed by atoms with Crippen molar-refractivity contribution in [1.29, 1.82) is 0 Å². The number of rotatable bonds is 7. The smallest absolute Gasteiger partial charge is 0.0475 e. The molecule has 0 aliphatic heterocycles. The Hall–Kier alpha value is -0.860. The summed E-state index contributed by atoms with van der Waals surface area (Å²) in [4.78, 5) is 2.72. The van der Waals surface area contributed by atoms with Gasteiger partial charge >= 0.3 is 0 Å². The van der Waals surface area contributed by atoms with Crippen molar-refractivity contribution >= 4 is 0 Å². The first-order chi connectivity index (χ1) is 9.72. The Balaban J connectivity index is 2.15. The van der Waals surface area contributed by atoms with E-state index in [-0.39, 0.29) is 0 Å². The maximum atomic E-state index is 3.64. The van der Waals surface area contributed by atoms with Gasteiger partial charge in [0.2, 0.25) is 0 Å². The minimum atomic E-state index is 0.506. The van der Waals surface area contributed by atoms with Crippen LogP contribution in [0.4, 0.5) is 0 Å². The first-order valence-corrected chi connectivity index (χ1v) is 8.26. The molecule has 0 saturated heterocycles. The molecule has 2 rings (SSSR count). The van der Waals surface area contributed by atoms with Crippen LogP contribution in [0.15, 0.2) is 30.3 Å². The quantitative estimate of drug-likeness (QED) is 0.809. The maximum absolute atomic E-state index is 3.64. The van der Waals surface area contributed by atoms with Crippen LogP contribution < -0.4 is 5.32 Å². The Bertz CT molecular complexity index is 368. The molecule has 1 aliphatic carbocycles. The number of hydrogen-bond donors (Lipinski definition) is 1. The summed E-state index contributed by atoms with van der Waals surface area (Å²) in [6.45, 7) is 8.96. The number of benzene rings is 1. The molecule has 112 valence electrons. The molecule has 2 heteroatoms. The predicted octanol–water partition coefficient (Wildman–Crippen LogP) is 3.99. The molecule has 1 N–H and O–H groups in total. The van der Waals surface area contributed by atoms with E-state index in [0.717, 1.165) is 19.1 Å². The second kappa shape index (κ2) is 7.80. The third kappa shape index (κ3) is 4.07. The van der Waals surface area contributed by atoms with Crippen LogP contribution >= 0.6 is 0 Å². The lowest BCUT2D eigenvalue weighted by Gasteiger charge is -2.36. The Labute approximate surface area is 124 Å². The van der Waals surface area contributed by atoms with Crippen LogP contribution in [0.1, 0.15) is 58.1 Å². The number of likely N-dealkylation sites (N-methyl/N-ethyl adjacent to an activating group) is 1. The minimum Gasteiger partial charge on any atom is -0.313 e. The second-order valence-corrected chi connectivity index (χ2v) is 6.26. The lowest BCUT2D eigenvalue weighted by atomic mass is 10.0. The molecule has 0 aromatic heterocycles. The van der Waals surface area contributed by atoms with E-state index in [9.17, 15) is 0 Å². The number of nitrogens with one attached hydrogen (secondary N) is 1. The van der Waals surface area contributed by atoms with E-state index in [4.69, 9.17) is 0 Å². The molecule has 1 unspecified atom stereocenters. The molecule has 1 aromatic rings. The summed E-state index contributed by atoms with van der Waals surface area (Å²) in [5, 5.41) is 3.64. The summed E-state index contributed by atoms with van der Waals surface area (Å²) < 4.78 is 0. The molecule has 0 spiro atoms. The van der Waals surface area contributed by atoms with Crippen molar-refractivity contribution < 1.29 is 0 Å². The fraction of sp³-hybridized carbons (Fsp3) is 0.667. The van der Waals surface area contributed by atoms with Gasteiger partial charge in [-0.05, 0) is 24.9 Å². The van der Waals surface area contributed by atoms with Crippen molar-refractivity contribution in [2.45, 2.75) is 64.6 Å². The van der Waals surface area contributed by atoms with Crippen molar-refractivity contribution in [3.63, 3.8) is 0 Å².